The summed E-state index contributed by atoms with van der Waals surface area (Å²) in [6.07, 6.45) is 11.7. The van der Waals surface area contributed by atoms with Gasteiger partial charge in [-0.3, -0.25) is 0 Å². The summed E-state index contributed by atoms with van der Waals surface area (Å²) in [4.78, 5) is 12.6. The summed E-state index contributed by atoms with van der Waals surface area (Å²) in [5.41, 5.74) is -0.438. The van der Waals surface area contributed by atoms with Crippen LogP contribution in [0.1, 0.15) is 79.3 Å². The van der Waals surface area contributed by atoms with E-state index in [4.69, 9.17) is 4.74 Å². The summed E-state index contributed by atoms with van der Waals surface area (Å²) < 4.78 is 63.9. The van der Waals surface area contributed by atoms with Crippen molar-refractivity contribution in [3.8, 4) is 5.75 Å². The molecule has 2 aliphatic rings. The Kier molecular flexibility index (Phi) is 8.32. The van der Waals surface area contributed by atoms with Gasteiger partial charge < -0.3 is 4.74 Å². The average molecular weight is 501 g/mol. The molecular weight excluding hydrogens is 468 g/mol. The van der Waals surface area contributed by atoms with Crippen LogP contribution in [0.3, 0.4) is 0 Å². The summed E-state index contributed by atoms with van der Waals surface area (Å²) >= 11 is 0. The van der Waals surface area contributed by atoms with Gasteiger partial charge in [-0.05, 0) is 94.1 Å². The lowest BCUT2D eigenvalue weighted by Gasteiger charge is -2.41. The molecule has 4 atom stereocenters. The average Bonchev–Trinajstić information content (AvgIpc) is 2.85. The van der Waals surface area contributed by atoms with Gasteiger partial charge in [0.2, 0.25) is 0 Å². The van der Waals surface area contributed by atoms with Crippen molar-refractivity contribution in [2.45, 2.75) is 64.2 Å². The number of rotatable bonds is 7. The number of fused-ring (bicyclic) bond motifs is 1. The van der Waals surface area contributed by atoms with Gasteiger partial charge >= 0.3 is 5.97 Å². The molecule has 0 amide bonds. The van der Waals surface area contributed by atoms with Crippen LogP contribution in [0.5, 0.6) is 5.75 Å². The molecule has 0 bridgehead atoms. The van der Waals surface area contributed by atoms with Gasteiger partial charge in [-0.1, -0.05) is 18.2 Å². The van der Waals surface area contributed by atoms with Crippen LogP contribution in [0.15, 0.2) is 49.1 Å². The van der Waals surface area contributed by atoms with Crippen LogP contribution in [0.25, 0.3) is 0 Å². The van der Waals surface area contributed by atoms with E-state index in [0.717, 1.165) is 56.4 Å². The number of benzene rings is 2. The van der Waals surface area contributed by atoms with Crippen molar-refractivity contribution >= 4 is 5.97 Å². The standard InChI is InChI=1S/C30H32F4O2/c1-3-5-6-7-24-25(31)16-23(17-26(24)32)36-30(35)22-14-27(33)29(28(34)15-22)21-11-10-19-12-18(4-2)8-9-20(19)13-21/h3-5,14-21H,2,6-13H2,1H3/b5-3+. The van der Waals surface area contributed by atoms with Crippen molar-refractivity contribution in [1.82, 2.24) is 0 Å². The molecule has 2 aliphatic carbocycles. The predicted octanol–water partition coefficient (Wildman–Crippen LogP) is 8.46. The zero-order chi connectivity index (χ0) is 25.8. The van der Waals surface area contributed by atoms with Crippen LogP contribution in [-0.4, -0.2) is 5.97 Å². The maximum atomic E-state index is 15.1. The summed E-state index contributed by atoms with van der Waals surface area (Å²) in [6, 6.07) is 3.73. The van der Waals surface area contributed by atoms with Gasteiger partial charge in [-0.25, -0.2) is 22.4 Å². The quantitative estimate of drug-likeness (QED) is 0.165. The van der Waals surface area contributed by atoms with Crippen LogP contribution < -0.4 is 4.74 Å². The smallest absolute Gasteiger partial charge is 0.343 e. The molecule has 2 aromatic rings. The minimum absolute atomic E-state index is 0.0124. The Morgan fingerprint density at radius 2 is 1.58 bits per heavy atom. The van der Waals surface area contributed by atoms with E-state index in [2.05, 4.69) is 6.58 Å². The maximum absolute atomic E-state index is 15.1. The normalized spacial score (nSPS) is 23.9. The molecule has 4 rings (SSSR count). The van der Waals surface area contributed by atoms with E-state index in [9.17, 15) is 13.6 Å². The number of hydrogen-bond donors (Lipinski definition) is 0. The first kappa shape index (κ1) is 26.2. The second kappa shape index (κ2) is 11.4. The highest BCUT2D eigenvalue weighted by atomic mass is 19.1. The van der Waals surface area contributed by atoms with Gasteiger partial charge in [-0.15, -0.1) is 6.58 Å². The van der Waals surface area contributed by atoms with Crippen molar-refractivity contribution in [2.75, 3.05) is 0 Å². The van der Waals surface area contributed by atoms with Crippen LogP contribution in [0, 0.1) is 41.0 Å². The number of carbonyl (C=O) groups excluding carboxylic acids is 1. The van der Waals surface area contributed by atoms with Gasteiger partial charge in [0.05, 0.1) is 5.56 Å². The Hall–Kier alpha value is -2.89. The SMILES string of the molecule is C=CC1CCC2CC(c3c(F)cc(C(=O)Oc4cc(F)c(CC/C=C/C)c(F)c4)cc3F)CCC2C1. The summed E-state index contributed by atoms with van der Waals surface area (Å²) in [5, 5.41) is 0. The molecule has 0 radical (unpaired) electrons. The van der Waals surface area contributed by atoms with Crippen LogP contribution in [0.2, 0.25) is 0 Å². The highest BCUT2D eigenvalue weighted by Gasteiger charge is 2.37. The van der Waals surface area contributed by atoms with E-state index in [-0.39, 0.29) is 34.8 Å². The molecule has 0 heterocycles. The van der Waals surface area contributed by atoms with Crippen LogP contribution >= 0.6 is 0 Å². The maximum Gasteiger partial charge on any atom is 0.343 e. The molecule has 0 N–H and O–H groups in total. The van der Waals surface area contributed by atoms with E-state index >= 15 is 8.78 Å². The van der Waals surface area contributed by atoms with Gasteiger partial charge in [0, 0.05) is 23.3 Å². The summed E-state index contributed by atoms with van der Waals surface area (Å²) in [6.45, 7) is 5.72. The number of carbonyl (C=O) groups is 1. The van der Waals surface area contributed by atoms with Crippen molar-refractivity contribution in [3.05, 3.63) is 89.0 Å². The Bertz CT molecular complexity index is 1110. The summed E-state index contributed by atoms with van der Waals surface area (Å²) in [5.74, 6) is -3.41. The van der Waals surface area contributed by atoms with E-state index in [1.165, 1.54) is 0 Å². The zero-order valence-electron chi connectivity index (χ0n) is 20.5. The fraction of sp³-hybridized carbons (Fsp3) is 0.433. The molecule has 192 valence electrons. The Labute approximate surface area is 210 Å². The zero-order valence-corrected chi connectivity index (χ0v) is 20.5. The minimum atomic E-state index is -1.08. The highest BCUT2D eigenvalue weighted by Crippen LogP contribution is 2.48. The molecule has 2 aromatic carbocycles. The molecule has 0 aromatic heterocycles. The minimum Gasteiger partial charge on any atom is -0.423 e. The van der Waals surface area contributed by atoms with Crippen molar-refractivity contribution in [1.29, 1.82) is 0 Å². The lowest BCUT2D eigenvalue weighted by atomic mass is 9.64. The van der Waals surface area contributed by atoms with Crippen molar-refractivity contribution in [2.24, 2.45) is 17.8 Å². The first-order valence-electron chi connectivity index (χ1n) is 12.7. The van der Waals surface area contributed by atoms with Gasteiger partial charge in [0.15, 0.2) is 0 Å². The number of halogens is 4. The third-order valence-electron chi connectivity index (χ3n) is 7.83. The molecule has 2 fully saturated rings. The first-order valence-corrected chi connectivity index (χ1v) is 12.7. The number of ether oxygens (including phenoxy) is 1. The van der Waals surface area contributed by atoms with E-state index < -0.39 is 29.2 Å². The van der Waals surface area contributed by atoms with Gasteiger partial charge in [-0.2, -0.15) is 0 Å². The second-order valence-corrected chi connectivity index (χ2v) is 10.1. The third kappa shape index (κ3) is 5.74. The van der Waals surface area contributed by atoms with Crippen molar-refractivity contribution in [3.63, 3.8) is 0 Å². The van der Waals surface area contributed by atoms with E-state index in [0.29, 0.717) is 30.6 Å². The lowest BCUT2D eigenvalue weighted by molar-refractivity contribution is 0.0732. The highest BCUT2D eigenvalue weighted by molar-refractivity contribution is 5.91. The molecule has 0 spiro atoms. The summed E-state index contributed by atoms with van der Waals surface area (Å²) in [7, 11) is 0. The monoisotopic (exact) mass is 500 g/mol. The van der Waals surface area contributed by atoms with E-state index in [1.54, 1.807) is 12.2 Å². The van der Waals surface area contributed by atoms with Crippen LogP contribution in [-0.2, 0) is 6.42 Å². The molecule has 0 saturated heterocycles. The van der Waals surface area contributed by atoms with Gasteiger partial charge in [0.1, 0.15) is 29.0 Å². The molecular formula is C30H32F4O2. The van der Waals surface area contributed by atoms with E-state index in [1.807, 2.05) is 13.0 Å². The fourth-order valence-corrected chi connectivity index (χ4v) is 5.93. The lowest BCUT2D eigenvalue weighted by Crippen LogP contribution is -2.30. The topological polar surface area (TPSA) is 26.3 Å². The second-order valence-electron chi connectivity index (χ2n) is 10.1. The molecule has 6 heteroatoms. The number of esters is 1. The Balaban J connectivity index is 1.46. The third-order valence-corrected chi connectivity index (χ3v) is 7.83. The predicted molar refractivity (Wildman–Crippen MR) is 132 cm³/mol. The van der Waals surface area contributed by atoms with Gasteiger partial charge in [0.25, 0.3) is 0 Å². The Morgan fingerprint density at radius 1 is 0.944 bits per heavy atom. The molecule has 2 saturated carbocycles. The molecule has 2 nitrogen and oxygen atoms in total. The first-order chi connectivity index (χ1) is 17.3. The number of hydrogen-bond acceptors (Lipinski definition) is 2. The largest absolute Gasteiger partial charge is 0.423 e. The molecule has 0 aliphatic heterocycles. The fourth-order valence-electron chi connectivity index (χ4n) is 5.93. The van der Waals surface area contributed by atoms with Crippen molar-refractivity contribution < 1.29 is 27.1 Å². The Morgan fingerprint density at radius 3 is 2.22 bits per heavy atom. The molecule has 4 unspecified atom stereocenters. The van der Waals surface area contributed by atoms with Crippen LogP contribution in [0.4, 0.5) is 17.6 Å². The number of allylic oxidation sites excluding steroid dienone is 3. The molecule has 36 heavy (non-hydrogen) atoms.